The van der Waals surface area contributed by atoms with Crippen LogP contribution in [0.3, 0.4) is 0 Å². The van der Waals surface area contributed by atoms with Gasteiger partial charge in [0.25, 0.3) is 0 Å². The summed E-state index contributed by atoms with van der Waals surface area (Å²) < 4.78 is 5.23. The lowest BCUT2D eigenvalue weighted by atomic mass is 10.1. The van der Waals surface area contributed by atoms with E-state index in [9.17, 15) is 4.79 Å². The van der Waals surface area contributed by atoms with Crippen molar-refractivity contribution in [2.75, 3.05) is 19.0 Å². The number of ether oxygens (including phenoxy) is 1. The molecule has 7 heteroatoms. The van der Waals surface area contributed by atoms with E-state index in [1.165, 1.54) is 11.3 Å². The van der Waals surface area contributed by atoms with Gasteiger partial charge in [0.1, 0.15) is 11.3 Å². The average molecular weight is 302 g/mol. The smallest absolute Gasteiger partial charge is 0.205 e. The second kappa shape index (κ2) is 5.53. The number of benzene rings is 1. The summed E-state index contributed by atoms with van der Waals surface area (Å²) in [7, 11) is 1.61. The van der Waals surface area contributed by atoms with Gasteiger partial charge in [0, 0.05) is 22.2 Å². The van der Waals surface area contributed by atoms with Crippen LogP contribution in [0.4, 0.5) is 5.13 Å². The van der Waals surface area contributed by atoms with E-state index in [4.69, 9.17) is 4.74 Å². The summed E-state index contributed by atoms with van der Waals surface area (Å²) in [5.74, 6) is 0.731. The highest BCUT2D eigenvalue weighted by Gasteiger charge is 2.16. The lowest BCUT2D eigenvalue weighted by molar-refractivity contribution is 0.101. The van der Waals surface area contributed by atoms with Gasteiger partial charge in [-0.1, -0.05) is 11.3 Å². The third kappa shape index (κ3) is 2.59. The zero-order chi connectivity index (χ0) is 14.8. The van der Waals surface area contributed by atoms with Crippen LogP contribution in [0.1, 0.15) is 16.1 Å². The highest BCUT2D eigenvalue weighted by Crippen LogP contribution is 2.26. The van der Waals surface area contributed by atoms with Gasteiger partial charge >= 0.3 is 0 Å². The molecular weight excluding hydrogens is 288 g/mol. The number of carbonyl (C=O) groups excluding carboxylic acids is 1. The maximum Gasteiger partial charge on any atom is 0.205 e. The van der Waals surface area contributed by atoms with Gasteiger partial charge in [0.2, 0.25) is 5.13 Å². The molecule has 2 aromatic heterocycles. The van der Waals surface area contributed by atoms with Crippen molar-refractivity contribution in [1.82, 2.24) is 15.2 Å². The number of aromatic nitrogens is 3. The topological polar surface area (TPSA) is 79.9 Å². The van der Waals surface area contributed by atoms with Gasteiger partial charge in [-0.2, -0.15) is 0 Å². The molecule has 108 valence electrons. The maximum atomic E-state index is 12.5. The Balaban J connectivity index is 1.91. The number of Topliss-reactive ketones (excluding diaryl/α,β-unsaturated/α-hetero) is 1. The zero-order valence-corrected chi connectivity index (χ0v) is 12.5. The standard InChI is InChI=1S/C14H14N4O2S/c1-8-13(12(19)6-15-14-18-16-7-21-14)10-5-9(20-2)3-4-11(10)17-8/h3-5,7,17H,6H2,1-2H3,(H,15,18). The van der Waals surface area contributed by atoms with Crippen LogP contribution in [0, 0.1) is 6.92 Å². The number of ketones is 1. The third-order valence-electron chi connectivity index (χ3n) is 3.23. The number of rotatable bonds is 5. The molecule has 0 spiro atoms. The first kappa shape index (κ1) is 13.6. The molecule has 0 unspecified atom stereocenters. The average Bonchev–Trinajstić information content (AvgIpc) is 3.10. The first-order valence-electron chi connectivity index (χ1n) is 6.38. The lowest BCUT2D eigenvalue weighted by Gasteiger charge is -2.03. The van der Waals surface area contributed by atoms with Crippen molar-refractivity contribution in [2.45, 2.75) is 6.92 Å². The SMILES string of the molecule is COc1ccc2[nH]c(C)c(C(=O)CNc3nncs3)c2c1. The van der Waals surface area contributed by atoms with Crippen molar-refractivity contribution in [3.63, 3.8) is 0 Å². The predicted octanol–water partition coefficient (Wildman–Crippen LogP) is 2.63. The monoisotopic (exact) mass is 302 g/mol. The van der Waals surface area contributed by atoms with Crippen LogP contribution in [0.2, 0.25) is 0 Å². The fourth-order valence-electron chi connectivity index (χ4n) is 2.29. The minimum atomic E-state index is 0.00204. The van der Waals surface area contributed by atoms with Crippen LogP contribution in [0.5, 0.6) is 5.75 Å². The minimum absolute atomic E-state index is 0.00204. The molecule has 0 bridgehead atoms. The van der Waals surface area contributed by atoms with Gasteiger partial charge in [0.15, 0.2) is 5.78 Å². The molecule has 0 saturated carbocycles. The number of methoxy groups -OCH3 is 1. The molecule has 0 amide bonds. The highest BCUT2D eigenvalue weighted by molar-refractivity contribution is 7.13. The van der Waals surface area contributed by atoms with Crippen molar-refractivity contribution >= 4 is 33.2 Å². The molecule has 0 fully saturated rings. The van der Waals surface area contributed by atoms with Gasteiger partial charge < -0.3 is 15.0 Å². The summed E-state index contributed by atoms with van der Waals surface area (Å²) in [6, 6.07) is 5.65. The number of nitrogens with zero attached hydrogens (tertiary/aromatic N) is 2. The summed E-state index contributed by atoms with van der Waals surface area (Å²) in [4.78, 5) is 15.7. The molecular formula is C14H14N4O2S. The molecule has 3 rings (SSSR count). The van der Waals surface area contributed by atoms with Crippen LogP contribution < -0.4 is 10.1 Å². The van der Waals surface area contributed by atoms with E-state index in [-0.39, 0.29) is 12.3 Å². The number of aromatic amines is 1. The van der Waals surface area contributed by atoms with E-state index in [2.05, 4.69) is 20.5 Å². The fraction of sp³-hybridized carbons (Fsp3) is 0.214. The van der Waals surface area contributed by atoms with Crippen LogP contribution in [0.25, 0.3) is 10.9 Å². The number of fused-ring (bicyclic) bond motifs is 1. The normalized spacial score (nSPS) is 10.8. The number of carbonyl (C=O) groups is 1. The van der Waals surface area contributed by atoms with Gasteiger partial charge in [-0.25, -0.2) is 0 Å². The minimum Gasteiger partial charge on any atom is -0.497 e. The molecule has 0 atom stereocenters. The highest BCUT2D eigenvalue weighted by atomic mass is 32.1. The zero-order valence-electron chi connectivity index (χ0n) is 11.6. The molecule has 6 nitrogen and oxygen atoms in total. The van der Waals surface area contributed by atoms with Crippen LogP contribution in [-0.4, -0.2) is 34.6 Å². The Kier molecular flexibility index (Phi) is 3.57. The second-order valence-electron chi connectivity index (χ2n) is 4.56. The molecule has 0 aliphatic heterocycles. The van der Waals surface area contributed by atoms with Crippen molar-refractivity contribution in [3.8, 4) is 5.75 Å². The largest absolute Gasteiger partial charge is 0.497 e. The number of hydrogen-bond donors (Lipinski definition) is 2. The molecule has 2 heterocycles. The number of anilines is 1. The molecule has 0 radical (unpaired) electrons. The first-order chi connectivity index (χ1) is 10.2. The van der Waals surface area contributed by atoms with E-state index in [0.29, 0.717) is 10.7 Å². The summed E-state index contributed by atoms with van der Waals surface area (Å²) in [6.07, 6.45) is 0. The van der Waals surface area contributed by atoms with E-state index < -0.39 is 0 Å². The maximum absolute atomic E-state index is 12.5. The van der Waals surface area contributed by atoms with Gasteiger partial charge in [-0.3, -0.25) is 4.79 Å². The number of hydrogen-bond acceptors (Lipinski definition) is 6. The Morgan fingerprint density at radius 2 is 2.33 bits per heavy atom. The molecule has 2 N–H and O–H groups in total. The summed E-state index contributed by atoms with van der Waals surface area (Å²) >= 11 is 1.36. The predicted molar refractivity (Wildman–Crippen MR) is 82.3 cm³/mol. The van der Waals surface area contributed by atoms with E-state index in [1.54, 1.807) is 12.6 Å². The summed E-state index contributed by atoms with van der Waals surface area (Å²) in [5.41, 5.74) is 4.07. The number of aryl methyl sites for hydroxylation is 1. The van der Waals surface area contributed by atoms with Crippen LogP contribution in [-0.2, 0) is 0 Å². The van der Waals surface area contributed by atoms with Crippen LogP contribution >= 0.6 is 11.3 Å². The summed E-state index contributed by atoms with van der Waals surface area (Å²) in [5, 5.41) is 12.1. The Bertz CT molecular complexity index is 780. The van der Waals surface area contributed by atoms with Crippen LogP contribution in [0.15, 0.2) is 23.7 Å². The lowest BCUT2D eigenvalue weighted by Crippen LogP contribution is -2.14. The summed E-state index contributed by atoms with van der Waals surface area (Å²) in [6.45, 7) is 2.07. The number of nitrogens with one attached hydrogen (secondary N) is 2. The first-order valence-corrected chi connectivity index (χ1v) is 7.26. The molecule has 0 aliphatic carbocycles. The fourth-order valence-corrected chi connectivity index (χ4v) is 2.73. The molecule has 3 aromatic rings. The Morgan fingerprint density at radius 3 is 3.05 bits per heavy atom. The Hall–Kier alpha value is -2.41. The quantitative estimate of drug-likeness (QED) is 0.708. The molecule has 0 aliphatic rings. The molecule has 21 heavy (non-hydrogen) atoms. The van der Waals surface area contributed by atoms with Crippen molar-refractivity contribution in [3.05, 3.63) is 35.0 Å². The van der Waals surface area contributed by atoms with Gasteiger partial charge in [0.05, 0.1) is 13.7 Å². The molecule has 1 aromatic carbocycles. The van der Waals surface area contributed by atoms with Gasteiger partial charge in [-0.15, -0.1) is 10.2 Å². The number of H-pyrrole nitrogens is 1. The van der Waals surface area contributed by atoms with E-state index >= 15 is 0 Å². The van der Waals surface area contributed by atoms with Crippen molar-refractivity contribution < 1.29 is 9.53 Å². The van der Waals surface area contributed by atoms with E-state index in [0.717, 1.165) is 22.3 Å². The molecule has 0 saturated heterocycles. The van der Waals surface area contributed by atoms with Crippen molar-refractivity contribution in [1.29, 1.82) is 0 Å². The van der Waals surface area contributed by atoms with Crippen molar-refractivity contribution in [2.24, 2.45) is 0 Å². The Morgan fingerprint density at radius 1 is 1.48 bits per heavy atom. The van der Waals surface area contributed by atoms with Gasteiger partial charge in [-0.05, 0) is 25.1 Å². The third-order valence-corrected chi connectivity index (χ3v) is 3.88. The van der Waals surface area contributed by atoms with E-state index in [1.807, 2.05) is 25.1 Å². The second-order valence-corrected chi connectivity index (χ2v) is 5.39. The Labute approximate surface area is 125 Å².